The Hall–Kier alpha value is -2.14. The van der Waals surface area contributed by atoms with E-state index in [4.69, 9.17) is 0 Å². The lowest BCUT2D eigenvalue weighted by Gasteiger charge is -2.20. The van der Waals surface area contributed by atoms with Gasteiger partial charge in [-0.05, 0) is 67.5 Å². The van der Waals surface area contributed by atoms with Crippen molar-refractivity contribution in [2.45, 2.75) is 51.5 Å². The summed E-state index contributed by atoms with van der Waals surface area (Å²) in [5.74, 6) is 0.157. The van der Waals surface area contributed by atoms with E-state index in [0.717, 1.165) is 47.0 Å². The molecule has 2 amide bonds. The third kappa shape index (κ3) is 5.67. The maximum absolute atomic E-state index is 12.2. The molecule has 0 fully saturated rings. The first-order valence-corrected chi connectivity index (χ1v) is 10.3. The average molecular weight is 429 g/mol. The van der Waals surface area contributed by atoms with Crippen molar-refractivity contribution in [3.63, 3.8) is 0 Å². The molecule has 0 aliphatic carbocycles. The second-order valence-electron chi connectivity index (χ2n) is 7.09. The van der Waals surface area contributed by atoms with Gasteiger partial charge >= 0.3 is 0 Å². The second kappa shape index (κ2) is 9.18. The van der Waals surface area contributed by atoms with Gasteiger partial charge in [-0.15, -0.1) is 0 Å². The molecule has 2 aromatic carbocycles. The van der Waals surface area contributed by atoms with Gasteiger partial charge in [0.25, 0.3) is 0 Å². The largest absolute Gasteiger partial charge is 0.350 e. The molecule has 27 heavy (non-hydrogen) atoms. The molecule has 0 bridgehead atoms. The predicted octanol–water partition coefficient (Wildman–Crippen LogP) is 4.92. The number of anilines is 1. The number of amides is 2. The minimum atomic E-state index is -0.0353. The number of benzene rings is 2. The molecule has 1 unspecified atom stereocenters. The molecule has 2 N–H and O–H groups in total. The fourth-order valence-corrected chi connectivity index (χ4v) is 3.60. The van der Waals surface area contributed by atoms with E-state index in [2.05, 4.69) is 44.8 Å². The van der Waals surface area contributed by atoms with Crippen LogP contribution in [0.15, 0.2) is 46.9 Å². The summed E-state index contributed by atoms with van der Waals surface area (Å²) in [5.41, 5.74) is 4.41. The molecule has 1 heterocycles. The number of unbranched alkanes of at least 4 members (excludes halogenated alkanes) is 1. The third-order valence-corrected chi connectivity index (χ3v) is 5.46. The highest BCUT2D eigenvalue weighted by atomic mass is 79.9. The Labute approximate surface area is 168 Å². The van der Waals surface area contributed by atoms with Crippen LogP contribution < -0.4 is 10.6 Å². The number of hydrogen-bond donors (Lipinski definition) is 2. The third-order valence-electron chi connectivity index (χ3n) is 4.93. The van der Waals surface area contributed by atoms with Crippen molar-refractivity contribution in [1.82, 2.24) is 5.32 Å². The Morgan fingerprint density at radius 1 is 1.15 bits per heavy atom. The summed E-state index contributed by atoms with van der Waals surface area (Å²) in [6.45, 7) is 2.00. The van der Waals surface area contributed by atoms with Crippen molar-refractivity contribution in [3.8, 4) is 0 Å². The van der Waals surface area contributed by atoms with E-state index in [1.807, 2.05) is 31.2 Å². The molecule has 1 aliphatic rings. The summed E-state index contributed by atoms with van der Waals surface area (Å²) in [4.78, 5) is 23.7. The molecule has 4 nitrogen and oxygen atoms in total. The summed E-state index contributed by atoms with van der Waals surface area (Å²) in [5, 5.41) is 5.97. The molecular formula is C22H25BrN2O2. The van der Waals surface area contributed by atoms with Gasteiger partial charge in [0.15, 0.2) is 0 Å². The van der Waals surface area contributed by atoms with Crippen LogP contribution in [0.25, 0.3) is 0 Å². The molecule has 5 heteroatoms. The van der Waals surface area contributed by atoms with Gasteiger partial charge in [-0.3, -0.25) is 9.59 Å². The average Bonchev–Trinajstić information content (AvgIpc) is 2.66. The lowest BCUT2D eigenvalue weighted by molar-refractivity contribution is -0.121. The van der Waals surface area contributed by atoms with E-state index in [1.54, 1.807) is 0 Å². The highest BCUT2D eigenvalue weighted by molar-refractivity contribution is 9.10. The highest BCUT2D eigenvalue weighted by Gasteiger charge is 2.17. The first-order valence-electron chi connectivity index (χ1n) is 9.48. The summed E-state index contributed by atoms with van der Waals surface area (Å²) < 4.78 is 1.09. The van der Waals surface area contributed by atoms with Crippen LogP contribution in [0, 0.1) is 0 Å². The Morgan fingerprint density at radius 3 is 2.70 bits per heavy atom. The van der Waals surface area contributed by atoms with Crippen molar-refractivity contribution in [3.05, 3.63) is 63.6 Å². The molecule has 0 saturated carbocycles. The smallest absolute Gasteiger partial charge is 0.224 e. The quantitative estimate of drug-likeness (QED) is 0.614. The van der Waals surface area contributed by atoms with Crippen molar-refractivity contribution in [2.75, 3.05) is 5.32 Å². The number of carbonyl (C=O) groups is 2. The van der Waals surface area contributed by atoms with Gasteiger partial charge in [-0.1, -0.05) is 40.2 Å². The number of rotatable bonds is 7. The number of nitrogens with one attached hydrogen (secondary N) is 2. The molecule has 0 saturated heterocycles. The van der Waals surface area contributed by atoms with E-state index in [9.17, 15) is 9.59 Å². The number of fused-ring (bicyclic) bond motifs is 1. The van der Waals surface area contributed by atoms with Gasteiger partial charge in [0.2, 0.25) is 11.8 Å². The van der Waals surface area contributed by atoms with Crippen molar-refractivity contribution in [1.29, 1.82) is 0 Å². The first kappa shape index (κ1) is 19.6. The van der Waals surface area contributed by atoms with E-state index in [1.165, 1.54) is 5.56 Å². The number of carbonyl (C=O) groups excluding carboxylic acids is 2. The molecule has 0 aromatic heterocycles. The molecule has 0 radical (unpaired) electrons. The van der Waals surface area contributed by atoms with Gasteiger partial charge < -0.3 is 10.6 Å². The van der Waals surface area contributed by atoms with Crippen LogP contribution in [0.1, 0.15) is 55.3 Å². The standard InChI is InChI=1S/C22H25BrN2O2/c1-15(17-8-12-20-18(14-17)9-13-22(27)25-20)24-21(26)5-3-2-4-16-6-10-19(23)11-7-16/h6-8,10-12,14-15H,2-5,9,13H2,1H3,(H,24,26)(H,25,27). The summed E-state index contributed by atoms with van der Waals surface area (Å²) >= 11 is 3.44. The Balaban J connectivity index is 1.43. The molecule has 2 aromatic rings. The lowest BCUT2D eigenvalue weighted by Crippen LogP contribution is -2.27. The Bertz CT molecular complexity index is 818. The number of hydrogen-bond acceptors (Lipinski definition) is 2. The predicted molar refractivity (Wildman–Crippen MR) is 112 cm³/mol. The van der Waals surface area contributed by atoms with Gasteiger partial charge in [0.1, 0.15) is 0 Å². The molecule has 3 rings (SSSR count). The molecule has 1 aliphatic heterocycles. The van der Waals surface area contributed by atoms with Crippen LogP contribution in [-0.4, -0.2) is 11.8 Å². The van der Waals surface area contributed by atoms with E-state index < -0.39 is 0 Å². The van der Waals surface area contributed by atoms with Gasteiger partial charge in [-0.25, -0.2) is 0 Å². The van der Waals surface area contributed by atoms with Crippen molar-refractivity contribution >= 4 is 33.4 Å². The monoisotopic (exact) mass is 428 g/mol. The lowest BCUT2D eigenvalue weighted by atomic mass is 9.97. The van der Waals surface area contributed by atoms with Crippen molar-refractivity contribution < 1.29 is 9.59 Å². The minimum absolute atomic E-state index is 0.0353. The normalized spacial score (nSPS) is 14.2. The molecule has 0 spiro atoms. The van der Waals surface area contributed by atoms with Crippen LogP contribution in [-0.2, 0) is 22.4 Å². The SMILES string of the molecule is CC(NC(=O)CCCCc1ccc(Br)cc1)c1ccc2c(c1)CCC(=O)N2. The molecule has 142 valence electrons. The zero-order valence-electron chi connectivity index (χ0n) is 15.6. The maximum Gasteiger partial charge on any atom is 0.224 e. The van der Waals surface area contributed by atoms with E-state index in [-0.39, 0.29) is 17.9 Å². The second-order valence-corrected chi connectivity index (χ2v) is 8.00. The summed E-state index contributed by atoms with van der Waals surface area (Å²) in [7, 11) is 0. The fourth-order valence-electron chi connectivity index (χ4n) is 3.34. The Morgan fingerprint density at radius 2 is 1.93 bits per heavy atom. The van der Waals surface area contributed by atoms with Crippen LogP contribution in [0.2, 0.25) is 0 Å². The zero-order valence-corrected chi connectivity index (χ0v) is 17.1. The van der Waals surface area contributed by atoms with Crippen LogP contribution in [0.5, 0.6) is 0 Å². The van der Waals surface area contributed by atoms with Crippen molar-refractivity contribution in [2.24, 2.45) is 0 Å². The number of halogens is 1. The number of aryl methyl sites for hydroxylation is 2. The summed E-state index contributed by atoms with van der Waals surface area (Å²) in [6.07, 6.45) is 4.70. The summed E-state index contributed by atoms with van der Waals surface area (Å²) in [6, 6.07) is 14.3. The Kier molecular flexibility index (Phi) is 6.67. The topological polar surface area (TPSA) is 58.2 Å². The maximum atomic E-state index is 12.2. The molecular weight excluding hydrogens is 404 g/mol. The minimum Gasteiger partial charge on any atom is -0.350 e. The van der Waals surface area contributed by atoms with Crippen LogP contribution in [0.3, 0.4) is 0 Å². The molecule has 1 atom stereocenters. The van der Waals surface area contributed by atoms with Gasteiger partial charge in [-0.2, -0.15) is 0 Å². The van der Waals surface area contributed by atoms with Gasteiger partial charge in [0.05, 0.1) is 6.04 Å². The first-order chi connectivity index (χ1) is 13.0. The van der Waals surface area contributed by atoms with Crippen LogP contribution in [0.4, 0.5) is 5.69 Å². The van der Waals surface area contributed by atoms with Crippen LogP contribution >= 0.6 is 15.9 Å². The van der Waals surface area contributed by atoms with E-state index >= 15 is 0 Å². The fraction of sp³-hybridized carbons (Fsp3) is 0.364. The van der Waals surface area contributed by atoms with Gasteiger partial charge in [0, 0.05) is 23.0 Å². The zero-order chi connectivity index (χ0) is 19.2. The van der Waals surface area contributed by atoms with E-state index in [0.29, 0.717) is 12.8 Å². The highest BCUT2D eigenvalue weighted by Crippen LogP contribution is 2.26.